The zero-order valence-corrected chi connectivity index (χ0v) is 17.3. The largest absolute Gasteiger partial charge is 0.373 e. The number of halogens is 1. The van der Waals surface area contributed by atoms with Crippen molar-refractivity contribution in [3.05, 3.63) is 12.2 Å². The first-order valence-electron chi connectivity index (χ1n) is 8.46. The smallest absolute Gasteiger partial charge is 0.191 e. The van der Waals surface area contributed by atoms with Crippen molar-refractivity contribution in [3.8, 4) is 0 Å². The molecule has 4 atom stereocenters. The molecule has 0 radical (unpaired) electrons. The van der Waals surface area contributed by atoms with Crippen LogP contribution in [0.15, 0.2) is 17.1 Å². The summed E-state index contributed by atoms with van der Waals surface area (Å²) in [4.78, 5) is 4.56. The van der Waals surface area contributed by atoms with Crippen LogP contribution >= 0.6 is 24.0 Å². The van der Waals surface area contributed by atoms with Gasteiger partial charge in [-0.25, -0.2) is 13.4 Å². The molecule has 138 valence electrons. The van der Waals surface area contributed by atoms with Gasteiger partial charge in [0.25, 0.3) is 0 Å². The van der Waals surface area contributed by atoms with E-state index in [0.29, 0.717) is 31.0 Å². The maximum Gasteiger partial charge on any atom is 0.191 e. The van der Waals surface area contributed by atoms with E-state index in [1.165, 1.54) is 0 Å². The molecule has 0 spiro atoms. The maximum atomic E-state index is 11.6. The summed E-state index contributed by atoms with van der Waals surface area (Å²) in [5.74, 6) is 1.52. The van der Waals surface area contributed by atoms with Gasteiger partial charge in [0, 0.05) is 6.54 Å². The molecule has 3 heterocycles. The van der Waals surface area contributed by atoms with Crippen LogP contribution in [0.3, 0.4) is 0 Å². The summed E-state index contributed by atoms with van der Waals surface area (Å²) >= 11 is 0. The monoisotopic (exact) mass is 469 g/mol. The summed E-state index contributed by atoms with van der Waals surface area (Å²) in [6, 6.07) is 0.303. The molecule has 8 heteroatoms. The van der Waals surface area contributed by atoms with Gasteiger partial charge in [-0.1, -0.05) is 12.2 Å². The Kier molecular flexibility index (Phi) is 6.95. The zero-order chi connectivity index (χ0) is 16.4. The average Bonchev–Trinajstić information content (AvgIpc) is 3.17. The quantitative estimate of drug-likeness (QED) is 0.276. The summed E-state index contributed by atoms with van der Waals surface area (Å²) in [6.07, 6.45) is 4.70. The van der Waals surface area contributed by atoms with Crippen LogP contribution in [0.5, 0.6) is 0 Å². The highest BCUT2D eigenvalue weighted by Crippen LogP contribution is 2.34. The Morgan fingerprint density at radius 2 is 2.12 bits per heavy atom. The predicted octanol–water partition coefficient (Wildman–Crippen LogP) is 1.47. The Bertz CT molecular complexity index is 593. The lowest BCUT2D eigenvalue weighted by atomic mass is 9.96. The molecule has 6 nitrogen and oxygen atoms in total. The average molecular weight is 469 g/mol. The van der Waals surface area contributed by atoms with Gasteiger partial charge in [0.15, 0.2) is 15.8 Å². The fourth-order valence-electron chi connectivity index (χ4n) is 3.61. The van der Waals surface area contributed by atoms with Crippen molar-refractivity contribution >= 4 is 39.8 Å². The van der Waals surface area contributed by atoms with Gasteiger partial charge < -0.3 is 15.4 Å². The number of fused-ring (bicyclic) bond motifs is 2. The lowest BCUT2D eigenvalue weighted by molar-refractivity contribution is 0.0992. The van der Waals surface area contributed by atoms with E-state index >= 15 is 0 Å². The number of nitrogens with one attached hydrogen (secondary N) is 2. The topological polar surface area (TPSA) is 79.8 Å². The summed E-state index contributed by atoms with van der Waals surface area (Å²) in [6.45, 7) is 7.05. The van der Waals surface area contributed by atoms with E-state index in [0.717, 1.165) is 37.2 Å². The van der Waals surface area contributed by atoms with Crippen molar-refractivity contribution < 1.29 is 13.2 Å². The minimum atomic E-state index is -2.83. The minimum Gasteiger partial charge on any atom is -0.373 e. The van der Waals surface area contributed by atoms with E-state index in [1.807, 2.05) is 6.92 Å². The number of aliphatic imine (C=N–C) groups is 1. The van der Waals surface area contributed by atoms with E-state index in [9.17, 15) is 8.42 Å². The maximum absolute atomic E-state index is 11.6. The molecule has 0 aromatic heterocycles. The molecule has 3 saturated heterocycles. The van der Waals surface area contributed by atoms with E-state index < -0.39 is 9.84 Å². The van der Waals surface area contributed by atoms with Gasteiger partial charge in [0.2, 0.25) is 0 Å². The second-order valence-electron chi connectivity index (χ2n) is 7.13. The van der Waals surface area contributed by atoms with E-state index in [-0.39, 0.29) is 41.8 Å². The second-order valence-corrected chi connectivity index (χ2v) is 9.36. The summed E-state index contributed by atoms with van der Waals surface area (Å²) < 4.78 is 29.0. The molecular weight excluding hydrogens is 441 g/mol. The van der Waals surface area contributed by atoms with Gasteiger partial charge in [0.1, 0.15) is 0 Å². The van der Waals surface area contributed by atoms with Crippen molar-refractivity contribution in [2.24, 2.45) is 10.9 Å². The molecule has 3 aliphatic heterocycles. The fraction of sp³-hybridized carbons (Fsp3) is 0.812. The highest BCUT2D eigenvalue weighted by Gasteiger charge is 2.41. The molecule has 2 bridgehead atoms. The Labute approximate surface area is 161 Å². The highest BCUT2D eigenvalue weighted by atomic mass is 127. The van der Waals surface area contributed by atoms with E-state index in [2.05, 4.69) is 22.2 Å². The molecule has 3 aliphatic rings. The third kappa shape index (κ3) is 5.32. The molecule has 3 fully saturated rings. The zero-order valence-electron chi connectivity index (χ0n) is 14.2. The Morgan fingerprint density at radius 1 is 1.33 bits per heavy atom. The number of guanidine groups is 1. The van der Waals surface area contributed by atoms with E-state index in [1.54, 1.807) is 0 Å². The van der Waals surface area contributed by atoms with Gasteiger partial charge in [-0.15, -0.1) is 24.0 Å². The van der Waals surface area contributed by atoms with Gasteiger partial charge in [-0.05, 0) is 38.5 Å². The first-order valence-corrected chi connectivity index (χ1v) is 10.3. The fourth-order valence-corrected chi connectivity index (χ4v) is 5.47. The van der Waals surface area contributed by atoms with Crippen LogP contribution in [0.4, 0.5) is 0 Å². The molecule has 4 unspecified atom stereocenters. The minimum absolute atomic E-state index is 0. The Balaban J connectivity index is 0.00000208. The van der Waals surface area contributed by atoms with Crippen molar-refractivity contribution in [2.75, 3.05) is 24.6 Å². The molecule has 24 heavy (non-hydrogen) atoms. The first kappa shape index (κ1) is 20.0. The van der Waals surface area contributed by atoms with Crippen LogP contribution in [-0.4, -0.2) is 57.2 Å². The number of hydrogen-bond acceptors (Lipinski definition) is 4. The molecule has 0 aromatic carbocycles. The van der Waals surface area contributed by atoms with Crippen LogP contribution in [0, 0.1) is 5.92 Å². The van der Waals surface area contributed by atoms with Crippen LogP contribution in [0.1, 0.15) is 32.6 Å². The Hall–Kier alpha value is -0.350. The van der Waals surface area contributed by atoms with Crippen LogP contribution in [-0.2, 0) is 14.6 Å². The van der Waals surface area contributed by atoms with Gasteiger partial charge in [-0.3, -0.25) is 0 Å². The van der Waals surface area contributed by atoms with Crippen LogP contribution in [0.25, 0.3) is 0 Å². The lowest BCUT2D eigenvalue weighted by Crippen LogP contribution is -2.48. The summed E-state index contributed by atoms with van der Waals surface area (Å²) in [5, 5.41) is 6.79. The third-order valence-electron chi connectivity index (χ3n) is 4.82. The SMILES string of the molecule is C=C(C)CN=C(NCC1CCS(=O)(=O)C1)NC1CC2CCC1O2.I. The molecule has 0 aliphatic carbocycles. The summed E-state index contributed by atoms with van der Waals surface area (Å²) in [5.41, 5.74) is 0.999. The van der Waals surface area contributed by atoms with Crippen molar-refractivity contribution in [3.63, 3.8) is 0 Å². The lowest BCUT2D eigenvalue weighted by Gasteiger charge is -2.23. The normalized spacial score (nSPS) is 34.0. The number of rotatable bonds is 5. The second kappa shape index (κ2) is 8.35. The molecule has 0 saturated carbocycles. The van der Waals surface area contributed by atoms with Gasteiger partial charge >= 0.3 is 0 Å². The molecule has 0 aromatic rings. The molecule has 3 rings (SSSR count). The molecular formula is C16H28IN3O3S. The number of nitrogens with zero attached hydrogens (tertiary/aromatic N) is 1. The standard InChI is InChI=1S/C16H27N3O3S.HI/c1-11(2)8-17-16(18-9-12-5-6-23(20,21)10-12)19-14-7-13-3-4-15(14)22-13;/h12-15H,1,3-10H2,2H3,(H2,17,18,19);1H. The molecule has 0 amide bonds. The number of sulfone groups is 1. The van der Waals surface area contributed by atoms with Crippen molar-refractivity contribution in [1.82, 2.24) is 10.6 Å². The third-order valence-corrected chi connectivity index (χ3v) is 6.66. The first-order chi connectivity index (χ1) is 10.9. The predicted molar refractivity (Wildman–Crippen MR) is 107 cm³/mol. The van der Waals surface area contributed by atoms with E-state index in [4.69, 9.17) is 4.74 Å². The van der Waals surface area contributed by atoms with Gasteiger partial charge in [-0.2, -0.15) is 0 Å². The highest BCUT2D eigenvalue weighted by molar-refractivity contribution is 14.0. The number of ether oxygens (including phenoxy) is 1. The van der Waals surface area contributed by atoms with Crippen molar-refractivity contribution in [1.29, 1.82) is 0 Å². The summed E-state index contributed by atoms with van der Waals surface area (Å²) in [7, 11) is -2.83. The van der Waals surface area contributed by atoms with Crippen LogP contribution < -0.4 is 10.6 Å². The van der Waals surface area contributed by atoms with Gasteiger partial charge in [0.05, 0.1) is 36.3 Å². The van der Waals surface area contributed by atoms with Crippen molar-refractivity contribution in [2.45, 2.75) is 50.9 Å². The van der Waals surface area contributed by atoms with Crippen LogP contribution in [0.2, 0.25) is 0 Å². The Morgan fingerprint density at radius 3 is 2.67 bits per heavy atom. The molecule has 2 N–H and O–H groups in total. The number of hydrogen-bond donors (Lipinski definition) is 2.